The summed E-state index contributed by atoms with van der Waals surface area (Å²) in [6.45, 7) is 7.44. The number of hydrogen-bond acceptors (Lipinski definition) is 4. The minimum absolute atomic E-state index is 0.00753. The van der Waals surface area contributed by atoms with E-state index in [1.54, 1.807) is 23.1 Å². The molecule has 154 valence electrons. The van der Waals surface area contributed by atoms with Gasteiger partial charge in [0, 0.05) is 24.3 Å². The van der Waals surface area contributed by atoms with Gasteiger partial charge in [0.1, 0.15) is 0 Å². The van der Waals surface area contributed by atoms with Gasteiger partial charge in [0.15, 0.2) is 0 Å². The first kappa shape index (κ1) is 22.0. The van der Waals surface area contributed by atoms with E-state index in [-0.39, 0.29) is 36.3 Å². The van der Waals surface area contributed by atoms with Crippen molar-refractivity contribution in [2.75, 3.05) is 31.5 Å². The summed E-state index contributed by atoms with van der Waals surface area (Å²) in [5, 5.41) is 8.81. The zero-order valence-electron chi connectivity index (χ0n) is 16.7. The summed E-state index contributed by atoms with van der Waals surface area (Å²) in [5.41, 5.74) is 0.689. The number of hydrogen-bond donors (Lipinski definition) is 3. The van der Waals surface area contributed by atoms with Gasteiger partial charge in [0.05, 0.1) is 23.7 Å². The molecular formula is C20H29ClN4O3. The molecule has 1 aromatic rings. The first-order valence-electron chi connectivity index (χ1n) is 9.62. The van der Waals surface area contributed by atoms with Gasteiger partial charge in [0.2, 0.25) is 11.8 Å². The first-order valence-corrected chi connectivity index (χ1v) is 10.00. The maximum atomic E-state index is 12.4. The maximum Gasteiger partial charge on any atom is 0.253 e. The second-order valence-electron chi connectivity index (χ2n) is 7.60. The van der Waals surface area contributed by atoms with Crippen LogP contribution in [0.5, 0.6) is 0 Å². The van der Waals surface area contributed by atoms with Crippen molar-refractivity contribution in [2.24, 2.45) is 0 Å². The number of carbonyl (C=O) groups excluding carboxylic acids is 3. The fourth-order valence-electron chi connectivity index (χ4n) is 2.77. The van der Waals surface area contributed by atoms with Crippen molar-refractivity contribution in [3.05, 3.63) is 28.8 Å². The maximum absolute atomic E-state index is 12.4. The zero-order valence-corrected chi connectivity index (χ0v) is 17.5. The highest BCUT2D eigenvalue weighted by Crippen LogP contribution is 2.22. The van der Waals surface area contributed by atoms with E-state index in [0.29, 0.717) is 16.3 Å². The van der Waals surface area contributed by atoms with Gasteiger partial charge >= 0.3 is 0 Å². The molecule has 1 aromatic carbocycles. The fraction of sp³-hybridized carbons (Fsp3) is 0.550. The lowest BCUT2D eigenvalue weighted by molar-refractivity contribution is -0.131. The number of amides is 3. The molecule has 1 heterocycles. The van der Waals surface area contributed by atoms with Crippen LogP contribution in [0.15, 0.2) is 18.2 Å². The quantitative estimate of drug-likeness (QED) is 0.616. The van der Waals surface area contributed by atoms with Crippen molar-refractivity contribution in [3.8, 4) is 0 Å². The number of nitrogens with zero attached hydrogens (tertiary/aromatic N) is 1. The minimum atomic E-state index is -0.318. The molecule has 1 aliphatic heterocycles. The summed E-state index contributed by atoms with van der Waals surface area (Å²) in [5.74, 6) is -0.573. The van der Waals surface area contributed by atoms with Gasteiger partial charge in [-0.05, 0) is 51.3 Å². The van der Waals surface area contributed by atoms with Crippen molar-refractivity contribution in [3.63, 3.8) is 0 Å². The van der Waals surface area contributed by atoms with Crippen molar-refractivity contribution in [2.45, 2.75) is 45.6 Å². The van der Waals surface area contributed by atoms with Crippen LogP contribution in [0.3, 0.4) is 0 Å². The molecule has 1 fully saturated rings. The molecule has 0 saturated carbocycles. The van der Waals surface area contributed by atoms with E-state index >= 15 is 0 Å². The molecule has 0 atom stereocenters. The van der Waals surface area contributed by atoms with Gasteiger partial charge in [-0.3, -0.25) is 14.4 Å². The Labute approximate surface area is 171 Å². The third-order valence-corrected chi connectivity index (χ3v) is 5.21. The molecule has 7 nitrogen and oxygen atoms in total. The van der Waals surface area contributed by atoms with Gasteiger partial charge in [0.25, 0.3) is 5.91 Å². The van der Waals surface area contributed by atoms with E-state index in [1.807, 2.05) is 20.8 Å². The molecule has 1 saturated heterocycles. The topological polar surface area (TPSA) is 90.5 Å². The monoisotopic (exact) mass is 408 g/mol. The van der Waals surface area contributed by atoms with Crippen LogP contribution in [0.25, 0.3) is 0 Å². The average molecular weight is 409 g/mol. The van der Waals surface area contributed by atoms with Crippen molar-refractivity contribution >= 4 is 35.0 Å². The number of anilines is 1. The lowest BCUT2D eigenvalue weighted by Gasteiger charge is -2.24. The van der Waals surface area contributed by atoms with Crippen LogP contribution in [-0.4, -0.2) is 54.3 Å². The number of likely N-dealkylation sites (tertiary alicyclic amines) is 1. The average Bonchev–Trinajstić information content (AvgIpc) is 3.19. The lowest BCUT2D eigenvalue weighted by Crippen LogP contribution is -2.42. The zero-order chi connectivity index (χ0) is 20.7. The Morgan fingerprint density at radius 3 is 2.43 bits per heavy atom. The predicted octanol–water partition coefficient (Wildman–Crippen LogP) is 2.41. The lowest BCUT2D eigenvalue weighted by atomic mass is 10.0. The van der Waals surface area contributed by atoms with E-state index in [1.165, 1.54) is 0 Å². The van der Waals surface area contributed by atoms with E-state index in [0.717, 1.165) is 32.4 Å². The summed E-state index contributed by atoms with van der Waals surface area (Å²) in [4.78, 5) is 38.0. The highest BCUT2D eigenvalue weighted by atomic mass is 35.5. The Morgan fingerprint density at radius 1 is 1.14 bits per heavy atom. The SMILES string of the molecule is CCC(C)(C)NC(=O)c1ccc(NCC(=O)NCC(=O)N2CCCC2)cc1Cl. The first-order chi connectivity index (χ1) is 13.2. The van der Waals surface area contributed by atoms with Crippen LogP contribution < -0.4 is 16.0 Å². The number of rotatable bonds is 8. The van der Waals surface area contributed by atoms with Gasteiger partial charge in [-0.1, -0.05) is 18.5 Å². The largest absolute Gasteiger partial charge is 0.376 e. The molecule has 3 N–H and O–H groups in total. The molecule has 0 spiro atoms. The van der Waals surface area contributed by atoms with Crippen LogP contribution in [-0.2, 0) is 9.59 Å². The van der Waals surface area contributed by atoms with Gasteiger partial charge in [-0.2, -0.15) is 0 Å². The van der Waals surface area contributed by atoms with E-state index in [9.17, 15) is 14.4 Å². The summed E-state index contributed by atoms with van der Waals surface area (Å²) in [6.07, 6.45) is 2.84. The second-order valence-corrected chi connectivity index (χ2v) is 8.01. The molecule has 28 heavy (non-hydrogen) atoms. The highest BCUT2D eigenvalue weighted by molar-refractivity contribution is 6.34. The summed E-state index contributed by atoms with van der Waals surface area (Å²) >= 11 is 6.24. The van der Waals surface area contributed by atoms with Crippen LogP contribution >= 0.6 is 11.6 Å². The number of nitrogens with one attached hydrogen (secondary N) is 3. The molecule has 2 rings (SSSR count). The molecule has 0 aromatic heterocycles. The smallest absolute Gasteiger partial charge is 0.253 e. The Kier molecular flexibility index (Phi) is 7.69. The predicted molar refractivity (Wildman–Crippen MR) is 111 cm³/mol. The molecule has 0 bridgehead atoms. The van der Waals surface area contributed by atoms with Gasteiger partial charge in [-0.25, -0.2) is 0 Å². The second kappa shape index (κ2) is 9.78. The number of halogens is 1. The number of carbonyl (C=O) groups is 3. The summed E-state index contributed by atoms with van der Waals surface area (Å²) in [7, 11) is 0. The van der Waals surface area contributed by atoms with Crippen molar-refractivity contribution in [1.29, 1.82) is 0 Å². The van der Waals surface area contributed by atoms with Gasteiger partial charge < -0.3 is 20.9 Å². The molecular weight excluding hydrogens is 380 g/mol. The normalized spacial score (nSPS) is 13.9. The van der Waals surface area contributed by atoms with Crippen LogP contribution in [0, 0.1) is 0 Å². The van der Waals surface area contributed by atoms with Crippen molar-refractivity contribution in [1.82, 2.24) is 15.5 Å². The Morgan fingerprint density at radius 2 is 1.82 bits per heavy atom. The highest BCUT2D eigenvalue weighted by Gasteiger charge is 2.21. The summed E-state index contributed by atoms with van der Waals surface area (Å²) in [6, 6.07) is 4.93. The Bertz CT molecular complexity index is 730. The minimum Gasteiger partial charge on any atom is -0.376 e. The molecule has 3 amide bonds. The van der Waals surface area contributed by atoms with E-state index in [2.05, 4.69) is 16.0 Å². The Hall–Kier alpha value is -2.28. The third kappa shape index (κ3) is 6.41. The Balaban J connectivity index is 1.82. The van der Waals surface area contributed by atoms with Crippen LogP contribution in [0.2, 0.25) is 5.02 Å². The molecule has 0 aliphatic carbocycles. The van der Waals surface area contributed by atoms with E-state index in [4.69, 9.17) is 11.6 Å². The summed E-state index contributed by atoms with van der Waals surface area (Å²) < 4.78 is 0. The van der Waals surface area contributed by atoms with E-state index < -0.39 is 0 Å². The van der Waals surface area contributed by atoms with Crippen molar-refractivity contribution < 1.29 is 14.4 Å². The third-order valence-electron chi connectivity index (χ3n) is 4.90. The molecule has 0 unspecified atom stereocenters. The fourth-order valence-corrected chi connectivity index (χ4v) is 3.04. The molecule has 8 heteroatoms. The van der Waals surface area contributed by atoms with Crippen LogP contribution in [0.4, 0.5) is 5.69 Å². The molecule has 0 radical (unpaired) electrons. The molecule has 1 aliphatic rings. The number of benzene rings is 1. The van der Waals surface area contributed by atoms with Gasteiger partial charge in [-0.15, -0.1) is 0 Å². The standard InChI is InChI=1S/C20H29ClN4O3/c1-4-20(2,3)24-19(28)15-8-7-14(11-16(15)21)22-12-17(26)23-13-18(27)25-9-5-6-10-25/h7-8,11,22H,4-6,9-10,12-13H2,1-3H3,(H,23,26)(H,24,28). The van der Waals surface area contributed by atoms with Crippen LogP contribution in [0.1, 0.15) is 50.4 Å².